The zero-order valence-corrected chi connectivity index (χ0v) is 20.9. The first kappa shape index (κ1) is 30.5. The van der Waals surface area contributed by atoms with E-state index in [0.29, 0.717) is 30.7 Å². The van der Waals surface area contributed by atoms with Crippen molar-refractivity contribution in [3.8, 4) is 5.75 Å². The second-order valence-corrected chi connectivity index (χ2v) is 8.93. The van der Waals surface area contributed by atoms with Gasteiger partial charge >= 0.3 is 5.97 Å². The Balaban J connectivity index is 2.76. The van der Waals surface area contributed by atoms with Crippen molar-refractivity contribution in [1.82, 2.24) is 16.0 Å². The van der Waals surface area contributed by atoms with Gasteiger partial charge in [0.05, 0.1) is 12.6 Å². The summed E-state index contributed by atoms with van der Waals surface area (Å²) in [6.45, 7) is -0.124. The average Bonchev–Trinajstić information content (AvgIpc) is 2.83. The zero-order valence-electron chi connectivity index (χ0n) is 20.1. The van der Waals surface area contributed by atoms with Gasteiger partial charge in [0.15, 0.2) is 5.96 Å². The highest BCUT2D eigenvalue weighted by Crippen LogP contribution is 2.12. The molecule has 1 aromatic carbocycles. The van der Waals surface area contributed by atoms with Crippen LogP contribution < -0.4 is 33.2 Å². The van der Waals surface area contributed by atoms with Gasteiger partial charge in [0.25, 0.3) is 0 Å². The van der Waals surface area contributed by atoms with Gasteiger partial charge in [-0.25, -0.2) is 4.79 Å². The van der Waals surface area contributed by atoms with E-state index >= 15 is 0 Å². The van der Waals surface area contributed by atoms with E-state index in [0.717, 1.165) is 0 Å². The normalized spacial score (nSPS) is 13.1. The highest BCUT2D eigenvalue weighted by molar-refractivity contribution is 7.98. The van der Waals surface area contributed by atoms with E-state index in [2.05, 4.69) is 20.9 Å². The summed E-state index contributed by atoms with van der Waals surface area (Å²) in [5.74, 6) is -2.60. The van der Waals surface area contributed by atoms with Gasteiger partial charge < -0.3 is 43.4 Å². The number of carbonyl (C=O) groups is 4. The van der Waals surface area contributed by atoms with Gasteiger partial charge in [0, 0.05) is 13.0 Å². The molecule has 3 unspecified atom stereocenters. The first-order valence-corrected chi connectivity index (χ1v) is 12.6. The summed E-state index contributed by atoms with van der Waals surface area (Å²) in [4.78, 5) is 52.9. The molecule has 1 rings (SSSR count). The molecule has 3 atom stereocenters. The van der Waals surface area contributed by atoms with Gasteiger partial charge in [0.2, 0.25) is 17.7 Å². The van der Waals surface area contributed by atoms with Gasteiger partial charge in [-0.2, -0.15) is 11.8 Å². The smallest absolute Gasteiger partial charge is 0.326 e. The number of rotatable bonds is 16. The van der Waals surface area contributed by atoms with Crippen LogP contribution in [0.25, 0.3) is 0 Å². The number of amides is 3. The number of nitrogens with zero attached hydrogens (tertiary/aromatic N) is 1. The molecule has 1 aromatic rings. The van der Waals surface area contributed by atoms with Gasteiger partial charge in [-0.3, -0.25) is 19.4 Å². The van der Waals surface area contributed by atoms with Crippen LogP contribution in [0.4, 0.5) is 0 Å². The van der Waals surface area contributed by atoms with E-state index in [1.807, 2.05) is 6.26 Å². The Hall–Kier alpha value is -3.52. The zero-order chi connectivity index (χ0) is 27.1. The van der Waals surface area contributed by atoms with Crippen LogP contribution in [-0.4, -0.2) is 83.1 Å². The molecule has 200 valence electrons. The average molecular weight is 526 g/mol. The maximum atomic E-state index is 12.9. The maximum absolute atomic E-state index is 12.9. The van der Waals surface area contributed by atoms with E-state index in [-0.39, 0.29) is 24.6 Å². The number of hydrogen-bond acceptors (Lipinski definition) is 8. The summed E-state index contributed by atoms with van der Waals surface area (Å²) in [6, 6.07) is 2.89. The third-order valence-electron chi connectivity index (χ3n) is 4.98. The standard InChI is InChI=1S/C22H35N7O6S/c1-36-10-8-16(21(34)35)29-20(33)17(11-13-4-6-14(30)7-5-13)28-18(31)12-27-19(32)15(23)3-2-9-26-22(24)25/h4-7,15-17,30H,2-3,8-12,23H2,1H3,(H,27,32)(H,28,31)(H,29,33)(H,34,35)(H4,24,25,26). The lowest BCUT2D eigenvalue weighted by Gasteiger charge is -2.22. The number of phenols is 1. The number of aliphatic carboxylic acids is 1. The Kier molecular flexibility index (Phi) is 13.7. The summed E-state index contributed by atoms with van der Waals surface area (Å²) in [5.41, 5.74) is 16.9. The molecule has 36 heavy (non-hydrogen) atoms. The molecule has 0 spiro atoms. The topological polar surface area (TPSA) is 235 Å². The van der Waals surface area contributed by atoms with E-state index in [9.17, 15) is 29.4 Å². The summed E-state index contributed by atoms with van der Waals surface area (Å²) in [7, 11) is 0. The number of carbonyl (C=O) groups excluding carboxylic acids is 3. The molecular weight excluding hydrogens is 490 g/mol. The molecule has 0 aliphatic carbocycles. The van der Waals surface area contributed by atoms with Gasteiger partial charge in [-0.1, -0.05) is 12.1 Å². The summed E-state index contributed by atoms with van der Waals surface area (Å²) in [5, 5.41) is 26.3. The van der Waals surface area contributed by atoms with Crippen molar-refractivity contribution in [1.29, 1.82) is 0 Å². The van der Waals surface area contributed by atoms with Crippen molar-refractivity contribution in [3.63, 3.8) is 0 Å². The predicted molar refractivity (Wildman–Crippen MR) is 137 cm³/mol. The van der Waals surface area contributed by atoms with Crippen molar-refractivity contribution in [2.24, 2.45) is 22.2 Å². The Morgan fingerprint density at radius 2 is 1.69 bits per heavy atom. The molecule has 14 heteroatoms. The molecule has 0 bridgehead atoms. The fourth-order valence-corrected chi connectivity index (χ4v) is 3.51. The molecule has 0 heterocycles. The van der Waals surface area contributed by atoms with Crippen LogP contribution in [-0.2, 0) is 25.6 Å². The molecular formula is C22H35N7O6S. The number of nitrogens with two attached hydrogens (primary N) is 3. The maximum Gasteiger partial charge on any atom is 0.326 e. The predicted octanol–water partition coefficient (Wildman–Crippen LogP) is -1.76. The van der Waals surface area contributed by atoms with Gasteiger partial charge in [-0.05, 0) is 49.0 Å². The van der Waals surface area contributed by atoms with E-state index in [1.165, 1.54) is 23.9 Å². The van der Waals surface area contributed by atoms with Crippen molar-refractivity contribution in [2.75, 3.05) is 25.1 Å². The lowest BCUT2D eigenvalue weighted by Crippen LogP contribution is -2.54. The molecule has 13 nitrogen and oxygen atoms in total. The number of carboxylic acid groups (broad SMARTS) is 1. The number of nitrogens with one attached hydrogen (secondary N) is 3. The Morgan fingerprint density at radius 1 is 1.03 bits per heavy atom. The minimum atomic E-state index is -1.19. The number of phenolic OH excluding ortho intramolecular Hbond substituents is 1. The molecule has 0 radical (unpaired) electrons. The number of guanidine groups is 1. The lowest BCUT2D eigenvalue weighted by molar-refractivity contribution is -0.142. The number of thioether (sulfide) groups is 1. The summed E-state index contributed by atoms with van der Waals surface area (Å²) >= 11 is 1.44. The van der Waals surface area contributed by atoms with Crippen molar-refractivity contribution >= 4 is 41.4 Å². The SMILES string of the molecule is CSCCC(NC(=O)C(Cc1ccc(O)cc1)NC(=O)CNC(=O)C(N)CCCN=C(N)N)C(=O)O. The minimum absolute atomic E-state index is 0.0316. The molecule has 0 aliphatic rings. The Morgan fingerprint density at radius 3 is 2.28 bits per heavy atom. The van der Waals surface area contributed by atoms with Gasteiger partial charge in [-0.15, -0.1) is 0 Å². The first-order valence-electron chi connectivity index (χ1n) is 11.2. The summed E-state index contributed by atoms with van der Waals surface area (Å²) < 4.78 is 0. The van der Waals surface area contributed by atoms with Crippen LogP contribution in [0.5, 0.6) is 5.75 Å². The Bertz CT molecular complexity index is 909. The fourth-order valence-electron chi connectivity index (χ4n) is 3.04. The van der Waals surface area contributed by atoms with Crippen molar-refractivity contribution in [3.05, 3.63) is 29.8 Å². The highest BCUT2D eigenvalue weighted by atomic mass is 32.2. The summed E-state index contributed by atoms with van der Waals surface area (Å²) in [6.07, 6.45) is 2.82. The molecule has 0 saturated heterocycles. The van der Waals surface area contributed by atoms with Crippen LogP contribution in [0.1, 0.15) is 24.8 Å². The third-order valence-corrected chi connectivity index (χ3v) is 5.62. The molecule has 0 aliphatic heterocycles. The molecule has 0 fully saturated rings. The Labute approximate surface area is 213 Å². The molecule has 3 amide bonds. The molecule has 11 N–H and O–H groups in total. The van der Waals surface area contributed by atoms with Crippen LogP contribution in [0, 0.1) is 0 Å². The number of hydrogen-bond donors (Lipinski definition) is 8. The van der Waals surface area contributed by atoms with Gasteiger partial charge in [0.1, 0.15) is 17.8 Å². The van der Waals surface area contributed by atoms with Crippen LogP contribution >= 0.6 is 11.8 Å². The van der Waals surface area contributed by atoms with Crippen LogP contribution in [0.2, 0.25) is 0 Å². The number of carboxylic acids is 1. The second kappa shape index (κ2) is 16.2. The van der Waals surface area contributed by atoms with E-state index in [1.54, 1.807) is 12.1 Å². The first-order chi connectivity index (χ1) is 17.0. The van der Waals surface area contributed by atoms with Crippen LogP contribution in [0.15, 0.2) is 29.3 Å². The fraction of sp³-hybridized carbons (Fsp3) is 0.500. The molecule has 0 saturated carbocycles. The molecule has 0 aromatic heterocycles. The number of aromatic hydroxyl groups is 1. The minimum Gasteiger partial charge on any atom is -0.508 e. The highest BCUT2D eigenvalue weighted by Gasteiger charge is 2.27. The van der Waals surface area contributed by atoms with Crippen LogP contribution in [0.3, 0.4) is 0 Å². The largest absolute Gasteiger partial charge is 0.508 e. The van der Waals surface area contributed by atoms with E-state index < -0.39 is 48.4 Å². The number of aliphatic imine (C=N–C) groups is 1. The third kappa shape index (κ3) is 12.3. The number of benzene rings is 1. The van der Waals surface area contributed by atoms with E-state index in [4.69, 9.17) is 17.2 Å². The monoisotopic (exact) mass is 525 g/mol. The quantitative estimate of drug-likeness (QED) is 0.0687. The lowest BCUT2D eigenvalue weighted by atomic mass is 10.0. The second-order valence-electron chi connectivity index (χ2n) is 7.94. The van der Waals surface area contributed by atoms with Crippen molar-refractivity contribution in [2.45, 2.75) is 43.8 Å². The van der Waals surface area contributed by atoms with Crippen molar-refractivity contribution < 1.29 is 29.4 Å².